The lowest BCUT2D eigenvalue weighted by atomic mass is 10.0. The van der Waals surface area contributed by atoms with Crippen LogP contribution in [0.4, 0.5) is 4.79 Å². The summed E-state index contributed by atoms with van der Waals surface area (Å²) in [4.78, 5) is 38.5. The minimum Gasteiger partial charge on any atom is -0.356 e. The lowest BCUT2D eigenvalue weighted by Crippen LogP contribution is -2.44. The predicted molar refractivity (Wildman–Crippen MR) is 237 cm³/mol. The van der Waals surface area contributed by atoms with Crippen molar-refractivity contribution in [1.29, 1.82) is 0 Å². The fraction of sp³-hybridized carbons (Fsp3) is 0.936. The Labute approximate surface area is 342 Å². The van der Waals surface area contributed by atoms with Crippen LogP contribution in [-0.4, -0.2) is 56.0 Å². The largest absolute Gasteiger partial charge is 0.356 e. The Morgan fingerprint density at radius 3 is 1.18 bits per heavy atom. The second kappa shape index (κ2) is 44.9. The van der Waals surface area contributed by atoms with Gasteiger partial charge >= 0.3 is 6.03 Å². The minimum absolute atomic E-state index is 0.0155. The van der Waals surface area contributed by atoms with Gasteiger partial charge in [-0.15, -0.1) is 0 Å². The van der Waals surface area contributed by atoms with Crippen molar-refractivity contribution in [3.63, 3.8) is 0 Å². The van der Waals surface area contributed by atoms with Crippen molar-refractivity contribution in [2.75, 3.05) is 33.2 Å². The maximum absolute atomic E-state index is 12.5. The molecule has 0 aliphatic rings. The summed E-state index contributed by atoms with van der Waals surface area (Å²) >= 11 is 0. The van der Waals surface area contributed by atoms with Gasteiger partial charge in [0.1, 0.15) is 0 Å². The van der Waals surface area contributed by atoms with E-state index in [1.54, 1.807) is 0 Å². The fourth-order valence-electron chi connectivity index (χ4n) is 7.33. The summed E-state index contributed by atoms with van der Waals surface area (Å²) in [6, 6.07) is -0.212. The van der Waals surface area contributed by atoms with Gasteiger partial charge in [-0.05, 0) is 32.1 Å². The molecule has 0 heterocycles. The Hall–Kier alpha value is -1.83. The van der Waals surface area contributed by atoms with Gasteiger partial charge in [0, 0.05) is 46.1 Å². The molecule has 8 nitrogen and oxygen atoms in total. The summed E-state index contributed by atoms with van der Waals surface area (Å²) in [6.07, 6.45) is 46.4. The van der Waals surface area contributed by atoms with E-state index in [0.717, 1.165) is 38.6 Å². The number of rotatable bonds is 44. The summed E-state index contributed by atoms with van der Waals surface area (Å²) in [7, 11) is 1.92. The van der Waals surface area contributed by atoms with Gasteiger partial charge in [0.2, 0.25) is 11.8 Å². The molecule has 0 aromatic carbocycles. The average molecular weight is 778 g/mol. The van der Waals surface area contributed by atoms with E-state index in [1.807, 2.05) is 11.9 Å². The molecular weight excluding hydrogens is 683 g/mol. The first-order valence-corrected chi connectivity index (χ1v) is 24.3. The number of amides is 4. The third-order valence-corrected chi connectivity index (χ3v) is 11.1. The van der Waals surface area contributed by atoms with Gasteiger partial charge in [0.05, 0.1) is 0 Å². The number of carbonyl (C=O) groups excluding carboxylic acids is 3. The third-order valence-electron chi connectivity index (χ3n) is 11.1. The molecule has 4 amide bonds. The van der Waals surface area contributed by atoms with Crippen molar-refractivity contribution in [3.05, 3.63) is 0 Å². The van der Waals surface area contributed by atoms with Crippen molar-refractivity contribution in [2.24, 2.45) is 0 Å². The number of nitrogens with one attached hydrogen (secondary N) is 4. The van der Waals surface area contributed by atoms with Crippen LogP contribution in [0.1, 0.15) is 251 Å². The van der Waals surface area contributed by atoms with Gasteiger partial charge in [-0.2, -0.15) is 0 Å². The smallest absolute Gasteiger partial charge is 0.329 e. The van der Waals surface area contributed by atoms with Crippen LogP contribution in [0.25, 0.3) is 0 Å². The van der Waals surface area contributed by atoms with E-state index in [4.69, 9.17) is 0 Å². The molecule has 326 valence electrons. The minimum atomic E-state index is -0.212. The van der Waals surface area contributed by atoms with Gasteiger partial charge in [-0.3, -0.25) is 15.0 Å². The molecule has 0 aliphatic heterocycles. The van der Waals surface area contributed by atoms with Crippen LogP contribution in [0, 0.1) is 0 Å². The van der Waals surface area contributed by atoms with E-state index >= 15 is 0 Å². The molecule has 0 saturated carbocycles. The molecule has 0 aromatic rings. The van der Waals surface area contributed by atoms with Gasteiger partial charge in [-0.25, -0.2) is 10.2 Å². The Morgan fingerprint density at radius 2 is 0.745 bits per heavy atom. The van der Waals surface area contributed by atoms with Crippen LogP contribution in [0.5, 0.6) is 0 Å². The quantitative estimate of drug-likeness (QED) is 0.0365. The molecule has 8 heteroatoms. The number of nitrogens with zero attached hydrogens (tertiary/aromatic N) is 1. The fourth-order valence-corrected chi connectivity index (χ4v) is 7.33. The van der Waals surface area contributed by atoms with E-state index in [2.05, 4.69) is 35.3 Å². The summed E-state index contributed by atoms with van der Waals surface area (Å²) < 4.78 is 0. The van der Waals surface area contributed by atoms with Gasteiger partial charge in [0.25, 0.3) is 0 Å². The Kier molecular flexibility index (Phi) is 43.4. The monoisotopic (exact) mass is 778 g/mol. The van der Waals surface area contributed by atoms with Gasteiger partial charge in [0.15, 0.2) is 0 Å². The summed E-state index contributed by atoms with van der Waals surface area (Å²) in [5, 5.41) is 5.85. The van der Waals surface area contributed by atoms with Crippen LogP contribution in [0.3, 0.4) is 0 Å². The first-order chi connectivity index (χ1) is 27.0. The second-order valence-corrected chi connectivity index (χ2v) is 16.6. The van der Waals surface area contributed by atoms with Crippen LogP contribution in [0.15, 0.2) is 0 Å². The number of unbranched alkanes of at least 4 members (excludes halogenated alkanes) is 31. The second-order valence-electron chi connectivity index (χ2n) is 16.6. The Balaban J connectivity index is 3.41. The standard InChI is InChI=1S/C47H95N5O3/c1-4-6-8-10-12-14-16-18-20-22-24-26-28-30-32-35-42-49-47(55)51-50-43-38-39-45(53)48-41-36-34-40-46(54)52(3)44-37-33-31-29-27-25-23-21-19-17-15-13-11-9-7-5-2/h50H,4-44H2,1-3H3,(H,48,53)(H2,49,51,55). The van der Waals surface area contributed by atoms with E-state index in [-0.39, 0.29) is 17.8 Å². The molecule has 55 heavy (non-hydrogen) atoms. The molecule has 0 atom stereocenters. The highest BCUT2D eigenvalue weighted by atomic mass is 16.2. The van der Waals surface area contributed by atoms with Crippen LogP contribution < -0.4 is 21.5 Å². The highest BCUT2D eigenvalue weighted by molar-refractivity contribution is 5.76. The molecule has 4 N–H and O–H groups in total. The Bertz CT molecular complexity index is 826. The van der Waals surface area contributed by atoms with Crippen LogP contribution >= 0.6 is 0 Å². The topological polar surface area (TPSA) is 103 Å². The average Bonchev–Trinajstić information content (AvgIpc) is 3.18. The molecule has 0 spiro atoms. The molecule has 0 radical (unpaired) electrons. The van der Waals surface area contributed by atoms with E-state index < -0.39 is 0 Å². The zero-order valence-electron chi connectivity index (χ0n) is 37.2. The van der Waals surface area contributed by atoms with Crippen LogP contribution in [-0.2, 0) is 9.59 Å². The molecule has 0 unspecified atom stereocenters. The van der Waals surface area contributed by atoms with Crippen molar-refractivity contribution < 1.29 is 14.4 Å². The summed E-state index contributed by atoms with van der Waals surface area (Å²) in [5.41, 5.74) is 5.57. The van der Waals surface area contributed by atoms with Crippen molar-refractivity contribution >= 4 is 17.8 Å². The van der Waals surface area contributed by atoms with Crippen molar-refractivity contribution in [1.82, 2.24) is 26.4 Å². The molecule has 0 aliphatic carbocycles. The number of hydrazine groups is 1. The predicted octanol–water partition coefficient (Wildman–Crippen LogP) is 12.8. The maximum Gasteiger partial charge on any atom is 0.329 e. The number of urea groups is 1. The lowest BCUT2D eigenvalue weighted by Gasteiger charge is -2.17. The zero-order chi connectivity index (χ0) is 40.1. The van der Waals surface area contributed by atoms with Crippen LogP contribution in [0.2, 0.25) is 0 Å². The highest BCUT2D eigenvalue weighted by Gasteiger charge is 2.08. The van der Waals surface area contributed by atoms with E-state index in [0.29, 0.717) is 38.9 Å². The maximum atomic E-state index is 12.5. The van der Waals surface area contributed by atoms with Gasteiger partial charge in [-0.1, -0.05) is 206 Å². The number of carbonyl (C=O) groups is 3. The molecular formula is C47H95N5O3. The van der Waals surface area contributed by atoms with E-state index in [9.17, 15) is 14.4 Å². The lowest BCUT2D eigenvalue weighted by molar-refractivity contribution is -0.130. The van der Waals surface area contributed by atoms with Crippen molar-refractivity contribution in [2.45, 2.75) is 251 Å². The summed E-state index contributed by atoms with van der Waals surface area (Å²) in [6.45, 7) is 7.24. The molecule has 0 saturated heterocycles. The summed E-state index contributed by atoms with van der Waals surface area (Å²) in [5.74, 6) is 0.224. The normalized spacial score (nSPS) is 11.2. The third kappa shape index (κ3) is 43.1. The van der Waals surface area contributed by atoms with E-state index in [1.165, 1.54) is 186 Å². The zero-order valence-corrected chi connectivity index (χ0v) is 37.2. The SMILES string of the molecule is CCCCCCCCCCCCCCCCCCNC(=O)NNCCCC(=O)NCCCCC(=O)N(C)CCCCCCCCCCCCCCCCCC. The molecule has 0 fully saturated rings. The first kappa shape index (κ1) is 53.2. The Morgan fingerprint density at radius 1 is 0.382 bits per heavy atom. The molecule has 0 bridgehead atoms. The number of hydrogen-bond acceptors (Lipinski definition) is 4. The number of hydrogen-bond donors (Lipinski definition) is 4. The molecule has 0 aromatic heterocycles. The van der Waals surface area contributed by atoms with Crippen molar-refractivity contribution in [3.8, 4) is 0 Å². The highest BCUT2D eigenvalue weighted by Crippen LogP contribution is 2.15. The first-order valence-electron chi connectivity index (χ1n) is 24.3. The van der Waals surface area contributed by atoms with Gasteiger partial charge < -0.3 is 15.5 Å². The molecule has 0 rings (SSSR count).